The van der Waals surface area contributed by atoms with E-state index in [9.17, 15) is 22.0 Å². The first-order valence-electron chi connectivity index (χ1n) is 6.06. The highest BCUT2D eigenvalue weighted by atomic mass is 32.1. The van der Waals surface area contributed by atoms with Gasteiger partial charge >= 0.3 is 6.18 Å². The van der Waals surface area contributed by atoms with Crippen LogP contribution in [0.25, 0.3) is 10.6 Å². The first kappa shape index (κ1) is 15.8. The molecule has 2 aromatic rings. The van der Waals surface area contributed by atoms with E-state index in [1.165, 1.54) is 0 Å². The van der Waals surface area contributed by atoms with Gasteiger partial charge in [-0.2, -0.15) is 13.2 Å². The third kappa shape index (κ3) is 3.56. The van der Waals surface area contributed by atoms with Crippen molar-refractivity contribution in [2.45, 2.75) is 19.6 Å². The maximum absolute atomic E-state index is 13.7. The van der Waals surface area contributed by atoms with Gasteiger partial charge < -0.3 is 5.32 Å². The van der Waals surface area contributed by atoms with Gasteiger partial charge in [0.15, 0.2) is 5.69 Å². The summed E-state index contributed by atoms with van der Waals surface area (Å²) in [4.78, 5) is 3.46. The molecule has 0 saturated carbocycles. The van der Waals surface area contributed by atoms with Crippen molar-refractivity contribution in [3.63, 3.8) is 0 Å². The van der Waals surface area contributed by atoms with Crippen LogP contribution in [0, 0.1) is 11.6 Å². The van der Waals surface area contributed by atoms with Crippen LogP contribution in [0.2, 0.25) is 0 Å². The van der Waals surface area contributed by atoms with Crippen LogP contribution in [0.3, 0.4) is 0 Å². The zero-order chi connectivity index (χ0) is 15.6. The number of hydrogen-bond acceptors (Lipinski definition) is 3. The highest BCUT2D eigenvalue weighted by Gasteiger charge is 2.37. The Balaban J connectivity index is 2.47. The second-order valence-corrected chi connectivity index (χ2v) is 5.28. The second kappa shape index (κ2) is 6.07. The zero-order valence-electron chi connectivity index (χ0n) is 10.9. The molecule has 1 aromatic heterocycles. The summed E-state index contributed by atoms with van der Waals surface area (Å²) in [5.74, 6) is -1.73. The maximum Gasteiger partial charge on any atom is 0.434 e. The molecule has 0 fully saturated rings. The van der Waals surface area contributed by atoms with Gasteiger partial charge in [0.1, 0.15) is 16.6 Å². The monoisotopic (exact) mass is 322 g/mol. The van der Waals surface area contributed by atoms with Crippen molar-refractivity contribution in [1.29, 1.82) is 0 Å². The van der Waals surface area contributed by atoms with Gasteiger partial charge in [0, 0.05) is 18.2 Å². The summed E-state index contributed by atoms with van der Waals surface area (Å²) in [7, 11) is 0. The number of benzene rings is 1. The van der Waals surface area contributed by atoms with Crippen LogP contribution in [0.15, 0.2) is 18.2 Å². The van der Waals surface area contributed by atoms with Gasteiger partial charge in [-0.15, -0.1) is 11.3 Å². The molecule has 114 valence electrons. The van der Waals surface area contributed by atoms with Crippen LogP contribution in [-0.2, 0) is 12.7 Å². The molecular formula is C13H11F5N2S. The smallest absolute Gasteiger partial charge is 0.312 e. The summed E-state index contributed by atoms with van der Waals surface area (Å²) < 4.78 is 65.3. The van der Waals surface area contributed by atoms with Crippen LogP contribution >= 0.6 is 11.3 Å². The molecule has 0 aliphatic heterocycles. The molecule has 0 atom stereocenters. The van der Waals surface area contributed by atoms with Gasteiger partial charge in [-0.25, -0.2) is 13.8 Å². The van der Waals surface area contributed by atoms with Crippen LogP contribution in [0.5, 0.6) is 0 Å². The normalized spacial score (nSPS) is 11.9. The molecule has 0 bridgehead atoms. The number of halogens is 5. The summed E-state index contributed by atoms with van der Waals surface area (Å²) in [6.07, 6.45) is -4.62. The fraction of sp³-hybridized carbons (Fsp3) is 0.308. The first-order chi connectivity index (χ1) is 9.82. The van der Waals surface area contributed by atoms with Gasteiger partial charge in [-0.3, -0.25) is 0 Å². The van der Waals surface area contributed by atoms with Gasteiger partial charge in [-0.05, 0) is 18.7 Å². The minimum Gasteiger partial charge on any atom is -0.312 e. The molecule has 0 aliphatic rings. The molecule has 2 rings (SSSR count). The molecule has 0 saturated heterocycles. The van der Waals surface area contributed by atoms with Crippen LogP contribution in [0.4, 0.5) is 22.0 Å². The first-order valence-corrected chi connectivity index (χ1v) is 6.87. The molecule has 0 aliphatic carbocycles. The van der Waals surface area contributed by atoms with Crippen molar-refractivity contribution in [3.05, 3.63) is 40.4 Å². The lowest BCUT2D eigenvalue weighted by atomic mass is 10.2. The summed E-state index contributed by atoms with van der Waals surface area (Å²) >= 11 is 0.743. The molecule has 1 N–H and O–H groups in total. The van der Waals surface area contributed by atoms with Crippen molar-refractivity contribution in [2.75, 3.05) is 6.54 Å². The summed E-state index contributed by atoms with van der Waals surface area (Å²) in [6, 6.07) is 2.69. The molecule has 0 amide bonds. The number of rotatable bonds is 4. The largest absolute Gasteiger partial charge is 0.434 e. The van der Waals surface area contributed by atoms with Gasteiger partial charge in [0.25, 0.3) is 0 Å². The molecule has 1 heterocycles. The molecule has 8 heteroatoms. The summed E-state index contributed by atoms with van der Waals surface area (Å²) in [5, 5.41) is 2.66. The van der Waals surface area contributed by atoms with Crippen molar-refractivity contribution < 1.29 is 22.0 Å². The Hall–Kier alpha value is -1.54. The number of hydrogen-bond donors (Lipinski definition) is 1. The fourth-order valence-electron chi connectivity index (χ4n) is 1.71. The van der Waals surface area contributed by atoms with E-state index in [4.69, 9.17) is 0 Å². The van der Waals surface area contributed by atoms with E-state index in [1.807, 2.05) is 0 Å². The van der Waals surface area contributed by atoms with E-state index in [2.05, 4.69) is 10.3 Å². The molecule has 2 nitrogen and oxygen atoms in total. The van der Waals surface area contributed by atoms with E-state index < -0.39 is 23.5 Å². The maximum atomic E-state index is 13.7. The topological polar surface area (TPSA) is 24.9 Å². The Morgan fingerprint density at radius 3 is 2.52 bits per heavy atom. The summed E-state index contributed by atoms with van der Waals surface area (Å²) in [5.41, 5.74) is -1.18. The second-order valence-electron chi connectivity index (χ2n) is 4.19. The Bertz CT molecular complexity index is 636. The third-order valence-corrected chi connectivity index (χ3v) is 3.75. The lowest BCUT2D eigenvalue weighted by Crippen LogP contribution is -2.15. The number of nitrogens with one attached hydrogen (secondary N) is 1. The van der Waals surface area contributed by atoms with Crippen molar-refractivity contribution in [1.82, 2.24) is 10.3 Å². The van der Waals surface area contributed by atoms with Crippen LogP contribution in [0.1, 0.15) is 17.5 Å². The Kier molecular flexibility index (Phi) is 4.58. The number of alkyl halides is 3. The minimum absolute atomic E-state index is 0.00811. The number of nitrogens with zero attached hydrogens (tertiary/aromatic N) is 1. The minimum atomic E-state index is -4.62. The lowest BCUT2D eigenvalue weighted by molar-refractivity contribution is -0.141. The van der Waals surface area contributed by atoms with E-state index in [0.717, 1.165) is 23.5 Å². The standard InChI is InChI=1S/C13H11F5N2S/c1-2-19-6-10-11(13(16,17)18)20-12(21-10)8-4-3-7(14)5-9(8)15/h3-5,19H,2,6H2,1H3. The Morgan fingerprint density at radius 2 is 1.95 bits per heavy atom. The van der Waals surface area contributed by atoms with E-state index in [-0.39, 0.29) is 22.0 Å². The molecule has 1 aromatic carbocycles. The van der Waals surface area contributed by atoms with E-state index >= 15 is 0 Å². The molecule has 0 radical (unpaired) electrons. The molecule has 21 heavy (non-hydrogen) atoms. The van der Waals surface area contributed by atoms with Gasteiger partial charge in [0.2, 0.25) is 0 Å². The Morgan fingerprint density at radius 1 is 1.24 bits per heavy atom. The average Bonchev–Trinajstić information content (AvgIpc) is 2.80. The SMILES string of the molecule is CCNCc1sc(-c2ccc(F)cc2F)nc1C(F)(F)F. The quantitative estimate of drug-likeness (QED) is 0.853. The van der Waals surface area contributed by atoms with Crippen molar-refractivity contribution in [3.8, 4) is 10.6 Å². The number of thiazole rings is 1. The van der Waals surface area contributed by atoms with Gasteiger partial charge in [-0.1, -0.05) is 6.92 Å². The number of aromatic nitrogens is 1. The lowest BCUT2D eigenvalue weighted by Gasteiger charge is -2.05. The predicted molar refractivity (Wildman–Crippen MR) is 69.8 cm³/mol. The van der Waals surface area contributed by atoms with E-state index in [0.29, 0.717) is 12.6 Å². The summed E-state index contributed by atoms with van der Waals surface area (Å²) in [6.45, 7) is 2.25. The van der Waals surface area contributed by atoms with E-state index in [1.54, 1.807) is 6.92 Å². The molecule has 0 spiro atoms. The van der Waals surface area contributed by atoms with Crippen molar-refractivity contribution in [2.24, 2.45) is 0 Å². The van der Waals surface area contributed by atoms with Gasteiger partial charge in [0.05, 0.1) is 4.88 Å². The highest BCUT2D eigenvalue weighted by molar-refractivity contribution is 7.15. The molecular weight excluding hydrogens is 311 g/mol. The third-order valence-electron chi connectivity index (χ3n) is 2.66. The van der Waals surface area contributed by atoms with Crippen LogP contribution < -0.4 is 5.32 Å². The fourth-order valence-corrected chi connectivity index (χ4v) is 2.79. The zero-order valence-corrected chi connectivity index (χ0v) is 11.7. The van der Waals surface area contributed by atoms with Crippen LogP contribution in [-0.4, -0.2) is 11.5 Å². The Labute approximate surface area is 121 Å². The highest BCUT2D eigenvalue weighted by Crippen LogP contribution is 2.38. The average molecular weight is 322 g/mol. The molecule has 0 unspecified atom stereocenters. The van der Waals surface area contributed by atoms with Crippen molar-refractivity contribution >= 4 is 11.3 Å². The predicted octanol–water partition coefficient (Wildman–Crippen LogP) is 4.22.